The van der Waals surface area contributed by atoms with Gasteiger partial charge in [-0.2, -0.15) is 18.2 Å². The molecule has 1 saturated heterocycles. The Morgan fingerprint density at radius 1 is 1.12 bits per heavy atom. The van der Waals surface area contributed by atoms with Crippen molar-refractivity contribution in [2.24, 2.45) is 17.8 Å². The maximum absolute atomic E-state index is 14.9. The molecule has 2 aliphatic heterocycles. The summed E-state index contributed by atoms with van der Waals surface area (Å²) in [4.78, 5) is 62.2. The topological polar surface area (TPSA) is 182 Å². The number of aromatic nitrogens is 1. The highest BCUT2D eigenvalue weighted by atomic mass is 32.2. The van der Waals surface area contributed by atoms with Gasteiger partial charge >= 0.3 is 12.3 Å². The number of benzene rings is 1. The summed E-state index contributed by atoms with van der Waals surface area (Å²) in [6.07, 6.45) is -1.42. The SMILES string of the molecule is CC[C@@H]1C[C@H](C)CC/C=C\[C@@H]2C[C@@]2(C(=O)NS(=O)(=O)C2(C)CC2)NC(=O)[C@@H]2C[C@@H](Oc3nc(OC)cc4cc(F)ccc34)CN2C(=O)[C@H]1NC(=O)OC(C)(C)C(F)(F)F. The number of nitrogens with zero attached hydrogens (tertiary/aromatic N) is 2. The van der Waals surface area contributed by atoms with Crippen molar-refractivity contribution in [2.75, 3.05) is 13.7 Å². The molecular weight excluding hydrogens is 803 g/mol. The van der Waals surface area contributed by atoms with E-state index in [9.17, 15) is 45.2 Å². The summed E-state index contributed by atoms with van der Waals surface area (Å²) in [5.74, 6) is -4.29. The van der Waals surface area contributed by atoms with Gasteiger partial charge < -0.3 is 29.7 Å². The Hall–Kier alpha value is -4.68. The summed E-state index contributed by atoms with van der Waals surface area (Å²) in [7, 11) is -2.75. The lowest BCUT2D eigenvalue weighted by Crippen LogP contribution is -2.60. The second kappa shape index (κ2) is 16.1. The Labute approximate surface area is 340 Å². The number of allylic oxidation sites excluding steroid dienone is 1. The number of hydrogen-bond acceptors (Lipinski definition) is 10. The molecule has 2 saturated carbocycles. The van der Waals surface area contributed by atoms with Gasteiger partial charge in [-0.3, -0.25) is 19.1 Å². The fourth-order valence-electron chi connectivity index (χ4n) is 7.79. The number of carbonyl (C=O) groups is 4. The molecule has 3 fully saturated rings. The van der Waals surface area contributed by atoms with E-state index in [2.05, 4.69) is 20.3 Å². The van der Waals surface area contributed by atoms with E-state index in [0.717, 1.165) is 4.90 Å². The monoisotopic (exact) mass is 853 g/mol. The normalized spacial score (nSPS) is 29.2. The van der Waals surface area contributed by atoms with Crippen molar-refractivity contribution >= 4 is 44.6 Å². The minimum Gasteiger partial charge on any atom is -0.481 e. The first-order chi connectivity index (χ1) is 27.5. The van der Waals surface area contributed by atoms with Crippen molar-refractivity contribution < 1.29 is 59.4 Å². The number of carbonyl (C=O) groups excluding carboxylic acids is 4. The fourth-order valence-corrected chi connectivity index (χ4v) is 9.10. The van der Waals surface area contributed by atoms with Crippen LogP contribution in [0.3, 0.4) is 0 Å². The van der Waals surface area contributed by atoms with Crippen LogP contribution in [0.5, 0.6) is 11.8 Å². The summed E-state index contributed by atoms with van der Waals surface area (Å²) >= 11 is 0. The molecule has 4 amide bonds. The second-order valence-corrected chi connectivity index (χ2v) is 19.2. The molecule has 0 unspecified atom stereocenters. The van der Waals surface area contributed by atoms with E-state index in [1.807, 2.05) is 13.0 Å². The van der Waals surface area contributed by atoms with Crippen LogP contribution in [0.1, 0.15) is 86.0 Å². The first-order valence-electron chi connectivity index (χ1n) is 19.8. The van der Waals surface area contributed by atoms with Crippen LogP contribution in [-0.2, 0) is 29.1 Å². The molecule has 1 aromatic carbocycles. The van der Waals surface area contributed by atoms with Crippen molar-refractivity contribution in [3.8, 4) is 11.8 Å². The minimum absolute atomic E-state index is 0.00476. The zero-order valence-corrected chi connectivity index (χ0v) is 34.6. The van der Waals surface area contributed by atoms with Gasteiger partial charge in [0.25, 0.3) is 5.91 Å². The number of alkyl halides is 3. The lowest BCUT2D eigenvalue weighted by Gasteiger charge is -2.35. The number of halogens is 4. The number of alkyl carbamates (subject to hydrolysis) is 1. The molecule has 324 valence electrons. The smallest absolute Gasteiger partial charge is 0.427 e. The fraction of sp³-hybridized carbons (Fsp3) is 0.625. The molecule has 59 heavy (non-hydrogen) atoms. The summed E-state index contributed by atoms with van der Waals surface area (Å²) in [6, 6.07) is 2.53. The highest BCUT2D eigenvalue weighted by Crippen LogP contribution is 2.48. The van der Waals surface area contributed by atoms with Crippen LogP contribution >= 0.6 is 0 Å². The number of fused-ring (bicyclic) bond motifs is 3. The van der Waals surface area contributed by atoms with E-state index >= 15 is 0 Å². The minimum atomic E-state index is -4.94. The van der Waals surface area contributed by atoms with Gasteiger partial charge in [0, 0.05) is 23.8 Å². The Bertz CT molecular complexity index is 2130. The molecular formula is C40H51F4N5O9S. The van der Waals surface area contributed by atoms with E-state index in [-0.39, 0.29) is 37.1 Å². The quantitative estimate of drug-likeness (QED) is 0.217. The molecule has 2 aromatic rings. The summed E-state index contributed by atoms with van der Waals surface area (Å²) in [5.41, 5.74) is -4.59. The number of pyridine rings is 1. The van der Waals surface area contributed by atoms with Gasteiger partial charge in [-0.25, -0.2) is 17.6 Å². The first kappa shape index (κ1) is 43.9. The number of amides is 4. The summed E-state index contributed by atoms with van der Waals surface area (Å²) < 4.78 is 99.5. The van der Waals surface area contributed by atoms with Gasteiger partial charge in [0.2, 0.25) is 39.2 Å². The second-order valence-electron chi connectivity index (χ2n) is 17.0. The molecule has 3 heterocycles. The Balaban J connectivity index is 1.38. The number of rotatable bonds is 9. The molecule has 2 aliphatic carbocycles. The third-order valence-corrected chi connectivity index (χ3v) is 14.3. The van der Waals surface area contributed by atoms with E-state index in [0.29, 0.717) is 63.1 Å². The largest absolute Gasteiger partial charge is 0.481 e. The maximum Gasteiger partial charge on any atom is 0.427 e. The van der Waals surface area contributed by atoms with Crippen LogP contribution in [0.4, 0.5) is 22.4 Å². The highest BCUT2D eigenvalue weighted by Gasteiger charge is 2.63. The van der Waals surface area contributed by atoms with E-state index in [1.54, 1.807) is 13.0 Å². The summed E-state index contributed by atoms with van der Waals surface area (Å²) in [5, 5.41) is 5.94. The molecule has 3 N–H and O–H groups in total. The van der Waals surface area contributed by atoms with Crippen molar-refractivity contribution in [3.05, 3.63) is 42.2 Å². The third-order valence-electron chi connectivity index (χ3n) is 12.1. The van der Waals surface area contributed by atoms with Gasteiger partial charge in [-0.1, -0.05) is 32.4 Å². The molecule has 0 radical (unpaired) electrons. The molecule has 19 heteroatoms. The zero-order chi connectivity index (χ0) is 43.3. The van der Waals surface area contributed by atoms with Crippen LogP contribution in [0.15, 0.2) is 36.4 Å². The predicted octanol–water partition coefficient (Wildman–Crippen LogP) is 5.44. The van der Waals surface area contributed by atoms with Crippen molar-refractivity contribution in [1.82, 2.24) is 25.2 Å². The molecule has 7 atom stereocenters. The zero-order valence-electron chi connectivity index (χ0n) is 33.8. The average molecular weight is 854 g/mol. The summed E-state index contributed by atoms with van der Waals surface area (Å²) in [6.45, 7) is 6.29. The predicted molar refractivity (Wildman–Crippen MR) is 206 cm³/mol. The van der Waals surface area contributed by atoms with Crippen molar-refractivity contribution in [3.63, 3.8) is 0 Å². The molecule has 0 spiro atoms. The third kappa shape index (κ3) is 9.09. The van der Waals surface area contributed by atoms with Crippen molar-refractivity contribution in [2.45, 2.75) is 126 Å². The lowest BCUT2D eigenvalue weighted by atomic mass is 9.85. The number of ether oxygens (including phenoxy) is 3. The standard InChI is InChI=1S/C40H51F4N5O9S/c1-7-23-16-22(2)10-8-9-11-25-20-39(25,35(52)48-59(54,55)38(5)14-15-38)47-32(50)29-19-27(57-33-28-13-12-26(41)17-24(28)18-30(45-33)56-6)21-49(29)34(51)31(23)46-36(53)58-37(3,4)40(42,43)44/h9,11-13,17-18,22-23,25,27,29,31H,7-8,10,14-16,19-21H2,1-6H3,(H,46,53)(H,47,50)(H,48,52)/b11-9-/t22-,23-,25-,27-,29+,31+,39-/m1/s1. The van der Waals surface area contributed by atoms with E-state index < -0.39 is 91.7 Å². The van der Waals surface area contributed by atoms with Crippen LogP contribution in [-0.4, -0.2) is 96.0 Å². The van der Waals surface area contributed by atoms with Gasteiger partial charge in [-0.05, 0) is 94.7 Å². The van der Waals surface area contributed by atoms with Crippen molar-refractivity contribution in [1.29, 1.82) is 0 Å². The van der Waals surface area contributed by atoms with Crippen LogP contribution < -0.4 is 24.8 Å². The average Bonchev–Trinajstić information content (AvgIpc) is 4.03. The van der Waals surface area contributed by atoms with Gasteiger partial charge in [0.15, 0.2) is 0 Å². The number of sulfonamides is 1. The number of hydrogen-bond donors (Lipinski definition) is 3. The molecule has 4 aliphatic rings. The molecule has 0 bridgehead atoms. The van der Waals surface area contributed by atoms with Gasteiger partial charge in [-0.15, -0.1) is 0 Å². The number of methoxy groups -OCH3 is 1. The van der Waals surface area contributed by atoms with Crippen LogP contribution in [0.25, 0.3) is 10.8 Å². The first-order valence-corrected chi connectivity index (χ1v) is 21.2. The molecule has 14 nitrogen and oxygen atoms in total. The van der Waals surface area contributed by atoms with Crippen LogP contribution in [0, 0.1) is 23.6 Å². The molecule has 1 aromatic heterocycles. The van der Waals surface area contributed by atoms with Gasteiger partial charge in [0.05, 0.1) is 18.4 Å². The Morgan fingerprint density at radius 2 is 1.83 bits per heavy atom. The molecule has 6 rings (SSSR count). The number of nitrogens with one attached hydrogen (secondary N) is 3. The maximum atomic E-state index is 14.9. The lowest BCUT2D eigenvalue weighted by molar-refractivity contribution is -0.244. The Kier molecular flexibility index (Phi) is 11.9. The highest BCUT2D eigenvalue weighted by molar-refractivity contribution is 7.91. The van der Waals surface area contributed by atoms with Crippen LogP contribution in [0.2, 0.25) is 0 Å². The Morgan fingerprint density at radius 3 is 2.47 bits per heavy atom. The van der Waals surface area contributed by atoms with Gasteiger partial charge in [0.1, 0.15) is 29.5 Å². The van der Waals surface area contributed by atoms with E-state index in [4.69, 9.17) is 14.2 Å². The van der Waals surface area contributed by atoms with E-state index in [1.165, 1.54) is 38.3 Å².